The number of aryl methyl sites for hydroxylation is 1. The van der Waals surface area contributed by atoms with E-state index >= 15 is 0 Å². The maximum absolute atomic E-state index is 13.5. The molecule has 0 spiro atoms. The van der Waals surface area contributed by atoms with Crippen LogP contribution in [-0.2, 0) is 0 Å². The fourth-order valence-corrected chi connectivity index (χ4v) is 3.99. The van der Waals surface area contributed by atoms with Crippen molar-refractivity contribution in [2.45, 2.75) is 57.4 Å². The molecular formula is C23H28ClF2NO. The van der Waals surface area contributed by atoms with Gasteiger partial charge in [-0.05, 0) is 99.0 Å². The topological polar surface area (TPSA) is 29.1 Å². The molecule has 1 aliphatic carbocycles. The summed E-state index contributed by atoms with van der Waals surface area (Å²) in [4.78, 5) is 12.1. The summed E-state index contributed by atoms with van der Waals surface area (Å²) in [5.74, 6) is 0.0276. The van der Waals surface area contributed by atoms with Crippen molar-refractivity contribution in [3.8, 4) is 0 Å². The van der Waals surface area contributed by atoms with Crippen molar-refractivity contribution in [2.24, 2.45) is 0 Å². The highest BCUT2D eigenvalue weighted by atomic mass is 35.5. The molecule has 2 nitrogen and oxygen atoms in total. The van der Waals surface area contributed by atoms with E-state index in [0.717, 1.165) is 44.2 Å². The van der Waals surface area contributed by atoms with E-state index in [-0.39, 0.29) is 29.8 Å². The van der Waals surface area contributed by atoms with Gasteiger partial charge in [0.15, 0.2) is 5.78 Å². The van der Waals surface area contributed by atoms with Gasteiger partial charge in [-0.3, -0.25) is 4.79 Å². The Kier molecular flexibility index (Phi) is 8.58. The number of rotatable bonds is 7. The third kappa shape index (κ3) is 6.11. The second-order valence-corrected chi connectivity index (χ2v) is 7.54. The molecule has 0 aromatic heterocycles. The number of hydrogen-bond donors (Lipinski definition) is 1. The molecular weight excluding hydrogens is 380 g/mol. The van der Waals surface area contributed by atoms with Gasteiger partial charge in [-0.1, -0.05) is 6.07 Å². The maximum Gasteiger partial charge on any atom is 0.162 e. The normalized spacial score (nSPS) is 19.1. The van der Waals surface area contributed by atoms with E-state index < -0.39 is 0 Å². The van der Waals surface area contributed by atoms with Crippen LogP contribution in [0.15, 0.2) is 42.5 Å². The molecule has 0 saturated heterocycles. The largest absolute Gasteiger partial charge is 0.314 e. The SMILES string of the molecule is Cc1ccc(F)cc1C1CCC(NCCCC(=O)c2ccc(F)cc2)CC1.Cl. The van der Waals surface area contributed by atoms with Gasteiger partial charge >= 0.3 is 0 Å². The van der Waals surface area contributed by atoms with E-state index in [4.69, 9.17) is 0 Å². The molecule has 0 bridgehead atoms. The van der Waals surface area contributed by atoms with Crippen molar-refractivity contribution in [3.63, 3.8) is 0 Å². The third-order valence-electron chi connectivity index (χ3n) is 5.59. The number of carbonyl (C=O) groups is 1. The lowest BCUT2D eigenvalue weighted by molar-refractivity contribution is 0.0979. The van der Waals surface area contributed by atoms with Crippen molar-refractivity contribution in [1.82, 2.24) is 5.32 Å². The highest BCUT2D eigenvalue weighted by molar-refractivity contribution is 5.95. The fourth-order valence-electron chi connectivity index (χ4n) is 3.99. The first kappa shape index (κ1) is 22.5. The highest BCUT2D eigenvalue weighted by Crippen LogP contribution is 2.34. The molecule has 0 unspecified atom stereocenters. The van der Waals surface area contributed by atoms with Gasteiger partial charge in [0.2, 0.25) is 0 Å². The molecule has 1 N–H and O–H groups in total. The van der Waals surface area contributed by atoms with Crippen LogP contribution in [0.25, 0.3) is 0 Å². The quantitative estimate of drug-likeness (QED) is 0.452. The first-order valence-electron chi connectivity index (χ1n) is 9.81. The van der Waals surface area contributed by atoms with Gasteiger partial charge in [-0.25, -0.2) is 8.78 Å². The summed E-state index contributed by atoms with van der Waals surface area (Å²) < 4.78 is 26.4. The number of benzene rings is 2. The molecule has 0 heterocycles. The number of ketones is 1. The Hall–Kier alpha value is -1.78. The van der Waals surface area contributed by atoms with Gasteiger partial charge in [-0.2, -0.15) is 0 Å². The van der Waals surface area contributed by atoms with Crippen LogP contribution in [0.4, 0.5) is 8.78 Å². The van der Waals surface area contributed by atoms with E-state index in [1.54, 1.807) is 18.2 Å². The standard InChI is InChI=1S/C23H27F2NO.ClH/c1-16-4-9-20(25)15-22(16)17-7-12-21(13-8-17)26-14-2-3-23(27)18-5-10-19(24)11-6-18;/h4-6,9-11,15,17,21,26H,2-3,7-8,12-14H2,1H3;1H. The summed E-state index contributed by atoms with van der Waals surface area (Å²) in [5, 5.41) is 3.55. The van der Waals surface area contributed by atoms with Gasteiger partial charge in [-0.15, -0.1) is 12.4 Å². The minimum Gasteiger partial charge on any atom is -0.314 e. The van der Waals surface area contributed by atoms with Crippen molar-refractivity contribution in [1.29, 1.82) is 0 Å². The lowest BCUT2D eigenvalue weighted by Gasteiger charge is -2.30. The van der Waals surface area contributed by atoms with E-state index in [1.807, 2.05) is 6.07 Å². The predicted octanol–water partition coefficient (Wildman–Crippen LogP) is 5.97. The van der Waals surface area contributed by atoms with Crippen LogP contribution in [0.5, 0.6) is 0 Å². The summed E-state index contributed by atoms with van der Waals surface area (Å²) in [6.45, 7) is 2.86. The van der Waals surface area contributed by atoms with Crippen LogP contribution in [0, 0.1) is 18.6 Å². The van der Waals surface area contributed by atoms with Gasteiger partial charge in [0.05, 0.1) is 0 Å². The van der Waals surface area contributed by atoms with Gasteiger partial charge < -0.3 is 5.32 Å². The Morgan fingerprint density at radius 3 is 2.32 bits per heavy atom. The summed E-state index contributed by atoms with van der Waals surface area (Å²) in [5.41, 5.74) is 2.90. The number of hydrogen-bond acceptors (Lipinski definition) is 2. The predicted molar refractivity (Wildman–Crippen MR) is 111 cm³/mol. The first-order chi connectivity index (χ1) is 13.0. The van der Waals surface area contributed by atoms with E-state index in [2.05, 4.69) is 12.2 Å². The average molecular weight is 408 g/mol. The second-order valence-electron chi connectivity index (χ2n) is 7.54. The van der Waals surface area contributed by atoms with Crippen molar-refractivity contribution < 1.29 is 13.6 Å². The lowest BCUT2D eigenvalue weighted by Crippen LogP contribution is -2.33. The van der Waals surface area contributed by atoms with Gasteiger partial charge in [0, 0.05) is 18.0 Å². The molecule has 1 aliphatic rings. The molecule has 5 heteroatoms. The molecule has 152 valence electrons. The Labute approximate surface area is 172 Å². The number of carbonyl (C=O) groups excluding carboxylic acids is 1. The van der Waals surface area contributed by atoms with Crippen LogP contribution in [0.1, 0.15) is 65.9 Å². The molecule has 2 aromatic rings. The Balaban J connectivity index is 0.00000280. The van der Waals surface area contributed by atoms with Crippen LogP contribution >= 0.6 is 12.4 Å². The van der Waals surface area contributed by atoms with Crippen LogP contribution in [0.3, 0.4) is 0 Å². The summed E-state index contributed by atoms with van der Waals surface area (Å²) in [6.07, 6.45) is 5.53. The summed E-state index contributed by atoms with van der Waals surface area (Å²) >= 11 is 0. The molecule has 1 saturated carbocycles. The Morgan fingerprint density at radius 2 is 1.64 bits per heavy atom. The van der Waals surface area contributed by atoms with Crippen molar-refractivity contribution in [2.75, 3.05) is 6.54 Å². The van der Waals surface area contributed by atoms with Crippen LogP contribution < -0.4 is 5.32 Å². The molecule has 0 amide bonds. The molecule has 28 heavy (non-hydrogen) atoms. The van der Waals surface area contributed by atoms with Crippen molar-refractivity contribution in [3.05, 3.63) is 70.8 Å². The minimum atomic E-state index is -0.322. The second kappa shape index (κ2) is 10.7. The highest BCUT2D eigenvalue weighted by Gasteiger charge is 2.23. The van der Waals surface area contributed by atoms with Gasteiger partial charge in [0.25, 0.3) is 0 Å². The molecule has 0 radical (unpaired) electrons. The van der Waals surface area contributed by atoms with Crippen LogP contribution in [-0.4, -0.2) is 18.4 Å². The maximum atomic E-state index is 13.5. The van der Waals surface area contributed by atoms with Crippen molar-refractivity contribution >= 4 is 18.2 Å². The smallest absolute Gasteiger partial charge is 0.162 e. The minimum absolute atomic E-state index is 0. The van der Waals surface area contributed by atoms with E-state index in [0.29, 0.717) is 23.9 Å². The zero-order valence-corrected chi connectivity index (χ0v) is 17.0. The van der Waals surface area contributed by atoms with Gasteiger partial charge in [0.1, 0.15) is 11.6 Å². The molecule has 3 rings (SSSR count). The molecule has 0 atom stereocenters. The average Bonchev–Trinajstić information content (AvgIpc) is 2.68. The summed E-state index contributed by atoms with van der Waals surface area (Å²) in [6, 6.07) is 11.3. The zero-order chi connectivity index (χ0) is 19.2. The monoisotopic (exact) mass is 407 g/mol. The first-order valence-corrected chi connectivity index (χ1v) is 9.81. The molecule has 2 aromatic carbocycles. The fraction of sp³-hybridized carbons (Fsp3) is 0.435. The third-order valence-corrected chi connectivity index (χ3v) is 5.59. The lowest BCUT2D eigenvalue weighted by atomic mass is 9.80. The number of halogens is 3. The zero-order valence-electron chi connectivity index (χ0n) is 16.2. The van der Waals surface area contributed by atoms with E-state index in [1.165, 1.54) is 23.8 Å². The molecule has 0 aliphatic heterocycles. The van der Waals surface area contributed by atoms with E-state index in [9.17, 15) is 13.6 Å². The van der Waals surface area contributed by atoms with Crippen LogP contribution in [0.2, 0.25) is 0 Å². The summed E-state index contributed by atoms with van der Waals surface area (Å²) in [7, 11) is 0. The number of nitrogens with one attached hydrogen (secondary N) is 1. The Bertz CT molecular complexity index is 771. The Morgan fingerprint density at radius 1 is 1.00 bits per heavy atom. The molecule has 1 fully saturated rings. The number of Topliss-reactive ketones (excluding diaryl/α,β-unsaturated/α-hetero) is 1.